The smallest absolute Gasteiger partial charge is 0.330 e. The molecule has 0 aliphatic heterocycles. The predicted molar refractivity (Wildman–Crippen MR) is 61.5 cm³/mol. The largest absolute Gasteiger partial charge is 0.462 e. The first kappa shape index (κ1) is 12.3. The molecule has 0 saturated heterocycles. The Kier molecular flexibility index (Phi) is 4.37. The zero-order valence-corrected chi connectivity index (χ0v) is 9.92. The van der Waals surface area contributed by atoms with Crippen LogP contribution in [0.1, 0.15) is 46.0 Å². The van der Waals surface area contributed by atoms with Gasteiger partial charge < -0.3 is 4.74 Å². The van der Waals surface area contributed by atoms with Gasteiger partial charge in [-0.25, -0.2) is 4.79 Å². The summed E-state index contributed by atoms with van der Waals surface area (Å²) < 4.78 is 5.24. The molecule has 0 heterocycles. The molecule has 1 fully saturated rings. The van der Waals surface area contributed by atoms with E-state index in [2.05, 4.69) is 20.4 Å². The van der Waals surface area contributed by atoms with Gasteiger partial charge in [0.25, 0.3) is 0 Å². The SMILES string of the molecule is C=CC(=O)OCC1(C(C)C)CCCCC1. The molecule has 0 atom stereocenters. The van der Waals surface area contributed by atoms with Crippen LogP contribution in [0.15, 0.2) is 12.7 Å². The topological polar surface area (TPSA) is 26.3 Å². The number of carbonyl (C=O) groups is 1. The Morgan fingerprint density at radius 3 is 2.47 bits per heavy atom. The van der Waals surface area contributed by atoms with Crippen molar-refractivity contribution in [3.63, 3.8) is 0 Å². The Labute approximate surface area is 92.7 Å². The number of rotatable bonds is 4. The molecule has 0 aromatic heterocycles. The van der Waals surface area contributed by atoms with Gasteiger partial charge in [0.1, 0.15) is 0 Å². The second kappa shape index (κ2) is 5.34. The lowest BCUT2D eigenvalue weighted by Crippen LogP contribution is -2.35. The molecule has 0 unspecified atom stereocenters. The van der Waals surface area contributed by atoms with Crippen LogP contribution in [-0.4, -0.2) is 12.6 Å². The van der Waals surface area contributed by atoms with Gasteiger partial charge in [-0.15, -0.1) is 0 Å². The molecule has 1 aliphatic carbocycles. The van der Waals surface area contributed by atoms with Gasteiger partial charge in [-0.05, 0) is 18.8 Å². The highest BCUT2D eigenvalue weighted by Gasteiger charge is 2.36. The van der Waals surface area contributed by atoms with Crippen molar-refractivity contribution >= 4 is 5.97 Å². The average molecular weight is 210 g/mol. The predicted octanol–water partition coefficient (Wildman–Crippen LogP) is 3.32. The summed E-state index contributed by atoms with van der Waals surface area (Å²) in [5, 5.41) is 0. The Morgan fingerprint density at radius 2 is 2.00 bits per heavy atom. The van der Waals surface area contributed by atoms with Crippen molar-refractivity contribution in [2.45, 2.75) is 46.0 Å². The van der Waals surface area contributed by atoms with Crippen LogP contribution in [0, 0.1) is 11.3 Å². The second-order valence-corrected chi connectivity index (χ2v) is 4.89. The summed E-state index contributed by atoms with van der Waals surface area (Å²) in [5.74, 6) is 0.288. The maximum atomic E-state index is 11.1. The molecule has 15 heavy (non-hydrogen) atoms. The van der Waals surface area contributed by atoms with E-state index in [0.29, 0.717) is 12.5 Å². The van der Waals surface area contributed by atoms with Crippen LogP contribution < -0.4 is 0 Å². The van der Waals surface area contributed by atoms with Gasteiger partial charge in [-0.3, -0.25) is 0 Å². The number of esters is 1. The van der Waals surface area contributed by atoms with E-state index in [4.69, 9.17) is 4.74 Å². The first-order valence-corrected chi connectivity index (χ1v) is 5.90. The zero-order chi connectivity index (χ0) is 11.3. The third-order valence-corrected chi connectivity index (χ3v) is 3.74. The summed E-state index contributed by atoms with van der Waals surface area (Å²) in [7, 11) is 0. The first-order chi connectivity index (χ1) is 7.10. The van der Waals surface area contributed by atoms with Crippen molar-refractivity contribution in [2.24, 2.45) is 11.3 Å². The minimum Gasteiger partial charge on any atom is -0.462 e. The van der Waals surface area contributed by atoms with Crippen molar-refractivity contribution in [3.8, 4) is 0 Å². The summed E-state index contributed by atoms with van der Waals surface area (Å²) >= 11 is 0. The molecule has 0 N–H and O–H groups in total. The van der Waals surface area contributed by atoms with Gasteiger partial charge in [-0.1, -0.05) is 39.7 Å². The second-order valence-electron chi connectivity index (χ2n) is 4.89. The lowest BCUT2D eigenvalue weighted by atomic mass is 9.67. The van der Waals surface area contributed by atoms with Crippen LogP contribution in [0.3, 0.4) is 0 Å². The first-order valence-electron chi connectivity index (χ1n) is 5.90. The van der Waals surface area contributed by atoms with Crippen LogP contribution >= 0.6 is 0 Å². The maximum Gasteiger partial charge on any atom is 0.330 e. The molecule has 0 spiro atoms. The van der Waals surface area contributed by atoms with Crippen LogP contribution in [-0.2, 0) is 9.53 Å². The fourth-order valence-electron chi connectivity index (χ4n) is 2.42. The van der Waals surface area contributed by atoms with Crippen LogP contribution in [0.25, 0.3) is 0 Å². The third-order valence-electron chi connectivity index (χ3n) is 3.74. The molecule has 1 aliphatic rings. The fraction of sp³-hybridized carbons (Fsp3) is 0.769. The van der Waals surface area contributed by atoms with E-state index in [1.807, 2.05) is 0 Å². The maximum absolute atomic E-state index is 11.1. The third kappa shape index (κ3) is 3.08. The number of carbonyl (C=O) groups excluding carboxylic acids is 1. The summed E-state index contributed by atoms with van der Waals surface area (Å²) in [6.45, 7) is 8.44. The highest BCUT2D eigenvalue weighted by atomic mass is 16.5. The number of hydrogen-bond acceptors (Lipinski definition) is 2. The van der Waals surface area contributed by atoms with Gasteiger partial charge in [0.15, 0.2) is 0 Å². The summed E-state index contributed by atoms with van der Waals surface area (Å²) in [6.07, 6.45) is 7.48. The summed E-state index contributed by atoms with van der Waals surface area (Å²) in [5.41, 5.74) is 0.219. The van der Waals surface area contributed by atoms with Crippen LogP contribution in [0.4, 0.5) is 0 Å². The summed E-state index contributed by atoms with van der Waals surface area (Å²) in [4.78, 5) is 11.1. The minimum absolute atomic E-state index is 0.219. The van der Waals surface area contributed by atoms with Crippen LogP contribution in [0.2, 0.25) is 0 Å². The van der Waals surface area contributed by atoms with Crippen LogP contribution in [0.5, 0.6) is 0 Å². The zero-order valence-electron chi connectivity index (χ0n) is 9.92. The van der Waals surface area contributed by atoms with E-state index in [1.165, 1.54) is 38.2 Å². The van der Waals surface area contributed by atoms with E-state index < -0.39 is 0 Å². The van der Waals surface area contributed by atoms with E-state index in [1.54, 1.807) is 0 Å². The van der Waals surface area contributed by atoms with E-state index in [9.17, 15) is 4.79 Å². The molecule has 0 bridgehead atoms. The van der Waals surface area contributed by atoms with Crippen molar-refractivity contribution in [1.82, 2.24) is 0 Å². The molecule has 0 aromatic rings. The minimum atomic E-state index is -0.291. The van der Waals surface area contributed by atoms with Crippen molar-refractivity contribution in [3.05, 3.63) is 12.7 Å². The average Bonchev–Trinajstić information content (AvgIpc) is 2.27. The van der Waals surface area contributed by atoms with Gasteiger partial charge in [0, 0.05) is 11.5 Å². The summed E-state index contributed by atoms with van der Waals surface area (Å²) in [6, 6.07) is 0. The Hall–Kier alpha value is -0.790. The Balaban J connectivity index is 2.56. The van der Waals surface area contributed by atoms with Crippen molar-refractivity contribution in [1.29, 1.82) is 0 Å². The van der Waals surface area contributed by atoms with Gasteiger partial charge in [0.2, 0.25) is 0 Å². The molecule has 1 rings (SSSR count). The number of hydrogen-bond donors (Lipinski definition) is 0. The van der Waals surface area contributed by atoms with Crippen molar-refractivity contribution < 1.29 is 9.53 Å². The lowest BCUT2D eigenvalue weighted by Gasteiger charge is -2.40. The number of ether oxygens (including phenoxy) is 1. The lowest BCUT2D eigenvalue weighted by molar-refractivity contribution is -0.143. The molecule has 0 radical (unpaired) electrons. The Bertz CT molecular complexity index is 225. The molecule has 1 saturated carbocycles. The quantitative estimate of drug-likeness (QED) is 0.525. The van der Waals surface area contributed by atoms with Crippen molar-refractivity contribution in [2.75, 3.05) is 6.61 Å². The normalized spacial score (nSPS) is 19.9. The molecule has 0 amide bonds. The highest BCUT2D eigenvalue weighted by Crippen LogP contribution is 2.42. The molecule has 0 aromatic carbocycles. The van der Waals surface area contributed by atoms with E-state index >= 15 is 0 Å². The fourth-order valence-corrected chi connectivity index (χ4v) is 2.42. The van der Waals surface area contributed by atoms with Gasteiger partial charge in [-0.2, -0.15) is 0 Å². The molecule has 2 nitrogen and oxygen atoms in total. The molecular formula is C13H22O2. The van der Waals surface area contributed by atoms with Gasteiger partial charge >= 0.3 is 5.97 Å². The Morgan fingerprint density at radius 1 is 1.40 bits per heavy atom. The molecule has 2 heteroatoms. The van der Waals surface area contributed by atoms with E-state index in [-0.39, 0.29) is 11.4 Å². The molecular weight excluding hydrogens is 188 g/mol. The van der Waals surface area contributed by atoms with Gasteiger partial charge in [0.05, 0.1) is 6.61 Å². The standard InChI is InChI=1S/C13H22O2/c1-4-12(14)15-10-13(11(2)3)8-6-5-7-9-13/h4,11H,1,5-10H2,2-3H3. The monoisotopic (exact) mass is 210 g/mol. The molecule has 86 valence electrons. The highest BCUT2D eigenvalue weighted by molar-refractivity contribution is 5.81. The van der Waals surface area contributed by atoms with E-state index in [0.717, 1.165) is 0 Å².